The fraction of sp³-hybridized carbons (Fsp3) is 0.353. The van der Waals surface area contributed by atoms with E-state index in [1.165, 1.54) is 0 Å². The molecule has 1 saturated carbocycles. The van der Waals surface area contributed by atoms with E-state index in [2.05, 4.69) is 25.4 Å². The second-order valence-corrected chi connectivity index (χ2v) is 6.06. The van der Waals surface area contributed by atoms with E-state index >= 15 is 0 Å². The van der Waals surface area contributed by atoms with Gasteiger partial charge >= 0.3 is 0 Å². The highest BCUT2D eigenvalue weighted by Crippen LogP contribution is 2.38. The lowest BCUT2D eigenvalue weighted by molar-refractivity contribution is 0.0949. The molecule has 1 amide bonds. The molecule has 1 fully saturated rings. The van der Waals surface area contributed by atoms with E-state index in [0.29, 0.717) is 29.9 Å². The van der Waals surface area contributed by atoms with Gasteiger partial charge in [0.2, 0.25) is 0 Å². The molecule has 3 heterocycles. The number of hydrogen-bond acceptors (Lipinski definition) is 6. The van der Waals surface area contributed by atoms with Crippen LogP contribution in [0, 0.1) is 0 Å². The summed E-state index contributed by atoms with van der Waals surface area (Å²) < 4.78 is 7.05. The Morgan fingerprint density at radius 2 is 2.28 bits per heavy atom. The van der Waals surface area contributed by atoms with E-state index in [1.54, 1.807) is 23.3 Å². The molecular weight excluding hydrogens is 320 g/mol. The van der Waals surface area contributed by atoms with Gasteiger partial charge in [-0.1, -0.05) is 12.1 Å². The molecule has 8 heteroatoms. The van der Waals surface area contributed by atoms with Crippen LogP contribution in [0.15, 0.2) is 35.4 Å². The Morgan fingerprint density at radius 3 is 3.08 bits per heavy atom. The topological polar surface area (TPSA) is 98.7 Å². The van der Waals surface area contributed by atoms with E-state index in [4.69, 9.17) is 4.52 Å². The Hall–Kier alpha value is -3.03. The van der Waals surface area contributed by atoms with Gasteiger partial charge in [-0.25, -0.2) is 9.97 Å². The van der Waals surface area contributed by atoms with Gasteiger partial charge < -0.3 is 9.84 Å². The molecule has 3 aromatic heterocycles. The first-order chi connectivity index (χ1) is 12.2. The average molecular weight is 338 g/mol. The summed E-state index contributed by atoms with van der Waals surface area (Å²) in [6.45, 7) is 2.63. The monoisotopic (exact) mass is 338 g/mol. The lowest BCUT2D eigenvalue weighted by Gasteiger charge is -2.02. The molecule has 0 aromatic carbocycles. The third-order valence-electron chi connectivity index (χ3n) is 3.99. The van der Waals surface area contributed by atoms with E-state index in [0.717, 1.165) is 30.7 Å². The standard InChI is InChI=1S/C17H18N6O2/c1-2-6-19-16(24)13-9-23(10-20-13)14-8-12(5-7-18-14)17-21-15(22-25-17)11-3-4-11/h5,7-11H,2-4,6H2,1H3,(H,19,24). The lowest BCUT2D eigenvalue weighted by atomic mass is 10.2. The molecule has 1 N–H and O–H groups in total. The predicted molar refractivity (Wildman–Crippen MR) is 89.3 cm³/mol. The zero-order valence-electron chi connectivity index (χ0n) is 13.8. The highest BCUT2D eigenvalue weighted by Gasteiger charge is 2.29. The summed E-state index contributed by atoms with van der Waals surface area (Å²) in [5.74, 6) is 2.13. The molecule has 0 atom stereocenters. The van der Waals surface area contributed by atoms with Crippen LogP contribution in [0.1, 0.15) is 48.4 Å². The predicted octanol–water partition coefficient (Wildman–Crippen LogP) is 2.33. The molecule has 25 heavy (non-hydrogen) atoms. The van der Waals surface area contributed by atoms with Crippen molar-refractivity contribution >= 4 is 5.91 Å². The molecule has 0 aliphatic heterocycles. The van der Waals surface area contributed by atoms with Crippen molar-refractivity contribution in [2.24, 2.45) is 0 Å². The van der Waals surface area contributed by atoms with Gasteiger partial charge in [0.25, 0.3) is 11.8 Å². The smallest absolute Gasteiger partial charge is 0.271 e. The summed E-state index contributed by atoms with van der Waals surface area (Å²) in [6, 6.07) is 3.65. The van der Waals surface area contributed by atoms with E-state index < -0.39 is 0 Å². The fourth-order valence-corrected chi connectivity index (χ4v) is 2.45. The van der Waals surface area contributed by atoms with Crippen LogP contribution in [0.25, 0.3) is 17.3 Å². The van der Waals surface area contributed by atoms with Crippen LogP contribution in [-0.4, -0.2) is 37.1 Å². The molecule has 1 aliphatic rings. The second kappa shape index (κ2) is 6.46. The number of rotatable bonds is 6. The Bertz CT molecular complexity index is 896. The summed E-state index contributed by atoms with van der Waals surface area (Å²) in [7, 11) is 0. The Balaban J connectivity index is 1.56. The number of carbonyl (C=O) groups is 1. The van der Waals surface area contributed by atoms with Crippen LogP contribution >= 0.6 is 0 Å². The first kappa shape index (κ1) is 15.5. The van der Waals surface area contributed by atoms with Gasteiger partial charge in [-0.15, -0.1) is 0 Å². The maximum Gasteiger partial charge on any atom is 0.271 e. The lowest BCUT2D eigenvalue weighted by Crippen LogP contribution is -2.24. The highest BCUT2D eigenvalue weighted by atomic mass is 16.5. The first-order valence-electron chi connectivity index (χ1n) is 8.37. The molecule has 0 bridgehead atoms. The third kappa shape index (κ3) is 3.28. The quantitative estimate of drug-likeness (QED) is 0.740. The van der Waals surface area contributed by atoms with Crippen molar-refractivity contribution in [3.05, 3.63) is 42.4 Å². The van der Waals surface area contributed by atoms with Crippen molar-refractivity contribution < 1.29 is 9.32 Å². The molecule has 0 radical (unpaired) electrons. The molecule has 0 spiro atoms. The van der Waals surface area contributed by atoms with Crippen LogP contribution in [0.5, 0.6) is 0 Å². The minimum Gasteiger partial charge on any atom is -0.351 e. The van der Waals surface area contributed by atoms with Crippen molar-refractivity contribution in [3.63, 3.8) is 0 Å². The summed E-state index contributed by atoms with van der Waals surface area (Å²) >= 11 is 0. The van der Waals surface area contributed by atoms with Crippen molar-refractivity contribution in [2.45, 2.75) is 32.1 Å². The number of amides is 1. The molecule has 1 aliphatic carbocycles. The number of pyridine rings is 1. The largest absolute Gasteiger partial charge is 0.351 e. The third-order valence-corrected chi connectivity index (χ3v) is 3.99. The van der Waals surface area contributed by atoms with Crippen molar-refractivity contribution in [3.8, 4) is 17.3 Å². The van der Waals surface area contributed by atoms with Crippen molar-refractivity contribution in [1.29, 1.82) is 0 Å². The van der Waals surface area contributed by atoms with E-state index in [9.17, 15) is 4.79 Å². The maximum atomic E-state index is 12.0. The summed E-state index contributed by atoms with van der Waals surface area (Å²) in [4.78, 5) is 24.9. The number of imidazole rings is 1. The van der Waals surface area contributed by atoms with E-state index in [1.807, 2.05) is 19.1 Å². The summed E-state index contributed by atoms with van der Waals surface area (Å²) in [5.41, 5.74) is 1.14. The zero-order chi connectivity index (χ0) is 17.2. The number of nitrogens with one attached hydrogen (secondary N) is 1. The van der Waals surface area contributed by atoms with Gasteiger partial charge in [0.1, 0.15) is 17.8 Å². The first-order valence-corrected chi connectivity index (χ1v) is 8.37. The summed E-state index contributed by atoms with van der Waals surface area (Å²) in [6.07, 6.45) is 8.01. The van der Waals surface area contributed by atoms with Crippen LogP contribution < -0.4 is 5.32 Å². The minimum atomic E-state index is -0.192. The number of carbonyl (C=O) groups excluding carboxylic acids is 1. The highest BCUT2D eigenvalue weighted by molar-refractivity contribution is 5.92. The molecule has 128 valence electrons. The van der Waals surface area contributed by atoms with Gasteiger partial charge in [-0.2, -0.15) is 4.98 Å². The number of nitrogens with zero attached hydrogens (tertiary/aromatic N) is 5. The molecule has 3 aromatic rings. The van der Waals surface area contributed by atoms with Crippen molar-refractivity contribution in [1.82, 2.24) is 30.0 Å². The van der Waals surface area contributed by atoms with Gasteiger partial charge in [0, 0.05) is 30.4 Å². The zero-order valence-corrected chi connectivity index (χ0v) is 13.8. The molecule has 8 nitrogen and oxygen atoms in total. The van der Waals surface area contributed by atoms with Gasteiger partial charge in [0.15, 0.2) is 5.82 Å². The fourth-order valence-electron chi connectivity index (χ4n) is 2.45. The minimum absolute atomic E-state index is 0.192. The molecule has 0 saturated heterocycles. The van der Waals surface area contributed by atoms with Gasteiger partial charge in [0.05, 0.1) is 0 Å². The SMILES string of the molecule is CCCNC(=O)c1cn(-c2cc(-c3nc(C4CC4)no3)ccn2)cn1. The maximum absolute atomic E-state index is 12.0. The van der Waals surface area contributed by atoms with Gasteiger partial charge in [-0.05, 0) is 31.4 Å². The Kier molecular flexibility index (Phi) is 4.01. The van der Waals surface area contributed by atoms with Gasteiger partial charge in [-0.3, -0.25) is 9.36 Å². The summed E-state index contributed by atoms with van der Waals surface area (Å²) in [5, 5.41) is 6.84. The number of aromatic nitrogens is 5. The normalized spacial score (nSPS) is 13.8. The van der Waals surface area contributed by atoms with Crippen LogP contribution in [-0.2, 0) is 0 Å². The molecule has 4 rings (SSSR count). The Labute approximate surface area is 144 Å². The van der Waals surface area contributed by atoms with Crippen LogP contribution in [0.2, 0.25) is 0 Å². The second-order valence-electron chi connectivity index (χ2n) is 6.06. The molecule has 0 unspecified atom stereocenters. The van der Waals surface area contributed by atoms with Crippen molar-refractivity contribution in [2.75, 3.05) is 6.54 Å². The van der Waals surface area contributed by atoms with Crippen LogP contribution in [0.4, 0.5) is 0 Å². The van der Waals surface area contributed by atoms with Crippen LogP contribution in [0.3, 0.4) is 0 Å². The number of hydrogen-bond donors (Lipinski definition) is 1. The molecular formula is C17H18N6O2. The van der Waals surface area contributed by atoms with E-state index in [-0.39, 0.29) is 5.91 Å². The average Bonchev–Trinajstić information content (AvgIpc) is 3.18. The Morgan fingerprint density at radius 1 is 1.40 bits per heavy atom.